The van der Waals surface area contributed by atoms with Crippen LogP contribution in [0.25, 0.3) is 0 Å². The summed E-state index contributed by atoms with van der Waals surface area (Å²) in [6.45, 7) is 6.18. The van der Waals surface area contributed by atoms with E-state index in [4.69, 9.17) is 9.47 Å². The lowest BCUT2D eigenvalue weighted by molar-refractivity contribution is -0.253. The van der Waals surface area contributed by atoms with E-state index in [1.807, 2.05) is 13.8 Å². The minimum absolute atomic E-state index is 0.259. The van der Waals surface area contributed by atoms with Crippen molar-refractivity contribution >= 4 is 0 Å². The van der Waals surface area contributed by atoms with E-state index >= 15 is 0 Å². The Morgan fingerprint density at radius 1 is 1.20 bits per heavy atom. The molecule has 2 rings (SSSR count). The molecule has 20 heavy (non-hydrogen) atoms. The summed E-state index contributed by atoms with van der Waals surface area (Å²) in [5.41, 5.74) is 1.32. The van der Waals surface area contributed by atoms with Crippen molar-refractivity contribution in [3.05, 3.63) is 35.9 Å². The van der Waals surface area contributed by atoms with Gasteiger partial charge in [-0.15, -0.1) is 0 Å². The van der Waals surface area contributed by atoms with Gasteiger partial charge in [-0.05, 0) is 33.5 Å². The lowest BCUT2D eigenvalue weighted by Gasteiger charge is -2.36. The molecule has 4 nitrogen and oxygen atoms in total. The number of rotatable bonds is 5. The van der Waals surface area contributed by atoms with Gasteiger partial charge in [0.15, 0.2) is 5.79 Å². The van der Waals surface area contributed by atoms with E-state index in [0.717, 1.165) is 6.54 Å². The van der Waals surface area contributed by atoms with Crippen molar-refractivity contribution in [3.8, 4) is 0 Å². The molecule has 0 spiro atoms. The number of ether oxygens (including phenoxy) is 2. The molecule has 112 valence electrons. The fourth-order valence-electron chi connectivity index (χ4n) is 2.36. The van der Waals surface area contributed by atoms with E-state index in [9.17, 15) is 0 Å². The molecule has 1 fully saturated rings. The Morgan fingerprint density at radius 3 is 2.35 bits per heavy atom. The van der Waals surface area contributed by atoms with Crippen LogP contribution in [0.3, 0.4) is 0 Å². The lowest BCUT2D eigenvalue weighted by Crippen LogP contribution is -2.50. The highest BCUT2D eigenvalue weighted by Gasteiger charge is 2.28. The molecule has 0 radical (unpaired) electrons. The Kier molecular flexibility index (Phi) is 5.16. The number of benzene rings is 1. The maximum Gasteiger partial charge on any atom is 0.162 e. The van der Waals surface area contributed by atoms with Crippen LogP contribution in [-0.4, -0.2) is 50.6 Å². The summed E-state index contributed by atoms with van der Waals surface area (Å²) in [6, 6.07) is 11.2. The molecule has 0 aliphatic carbocycles. The average molecular weight is 278 g/mol. The molecule has 1 heterocycles. The third kappa shape index (κ3) is 4.28. The van der Waals surface area contributed by atoms with Crippen LogP contribution in [0.2, 0.25) is 0 Å². The number of likely N-dealkylation sites (N-methyl/N-ethyl adjacent to an activating group) is 1. The summed E-state index contributed by atoms with van der Waals surface area (Å²) in [4.78, 5) is 2.23. The number of nitrogens with one attached hydrogen (secondary N) is 1. The normalized spacial score (nSPS) is 21.1. The Morgan fingerprint density at radius 2 is 1.80 bits per heavy atom. The Bertz CT molecular complexity index is 396. The summed E-state index contributed by atoms with van der Waals surface area (Å²) >= 11 is 0. The van der Waals surface area contributed by atoms with Crippen LogP contribution in [0, 0.1) is 0 Å². The molecule has 0 bridgehead atoms. The predicted molar refractivity (Wildman–Crippen MR) is 80.6 cm³/mol. The smallest absolute Gasteiger partial charge is 0.162 e. The Balaban J connectivity index is 1.88. The fraction of sp³-hybridized carbons (Fsp3) is 0.625. The molecule has 1 aliphatic rings. The molecule has 1 atom stereocenters. The molecular formula is C16H26N2O2. The van der Waals surface area contributed by atoms with Crippen LogP contribution in [0.15, 0.2) is 30.3 Å². The zero-order chi connectivity index (χ0) is 14.6. The zero-order valence-electron chi connectivity index (χ0n) is 12.9. The minimum atomic E-state index is -0.446. The number of nitrogens with zero attached hydrogens (tertiary/aromatic N) is 1. The van der Waals surface area contributed by atoms with Crippen molar-refractivity contribution < 1.29 is 9.47 Å². The lowest BCUT2D eigenvalue weighted by atomic mass is 10.1. The minimum Gasteiger partial charge on any atom is -0.349 e. The maximum absolute atomic E-state index is 5.68. The second-order valence-corrected chi connectivity index (χ2v) is 6.02. The molecule has 1 aromatic carbocycles. The van der Waals surface area contributed by atoms with Gasteiger partial charge in [-0.25, -0.2) is 0 Å². The van der Waals surface area contributed by atoms with Crippen molar-refractivity contribution in [2.45, 2.75) is 31.7 Å². The van der Waals surface area contributed by atoms with Crippen LogP contribution < -0.4 is 5.32 Å². The summed E-state index contributed by atoms with van der Waals surface area (Å²) < 4.78 is 11.4. The average Bonchev–Trinajstić information content (AvgIpc) is 2.41. The van der Waals surface area contributed by atoms with Gasteiger partial charge in [0.1, 0.15) is 0 Å². The van der Waals surface area contributed by atoms with Crippen LogP contribution >= 0.6 is 0 Å². The second kappa shape index (κ2) is 6.68. The first-order valence-electron chi connectivity index (χ1n) is 7.20. The first-order chi connectivity index (χ1) is 9.48. The highest BCUT2D eigenvalue weighted by Crippen LogP contribution is 2.19. The van der Waals surface area contributed by atoms with Gasteiger partial charge in [0.05, 0.1) is 19.3 Å². The van der Waals surface area contributed by atoms with Crippen molar-refractivity contribution in [2.75, 3.05) is 33.9 Å². The largest absolute Gasteiger partial charge is 0.349 e. The van der Waals surface area contributed by atoms with Crippen molar-refractivity contribution in [3.63, 3.8) is 0 Å². The molecule has 1 aromatic rings. The quantitative estimate of drug-likeness (QED) is 0.893. The molecule has 4 heteroatoms. The van der Waals surface area contributed by atoms with Gasteiger partial charge in [0.25, 0.3) is 0 Å². The molecule has 0 aromatic heterocycles. The van der Waals surface area contributed by atoms with Crippen LogP contribution in [0.4, 0.5) is 0 Å². The topological polar surface area (TPSA) is 33.7 Å². The van der Waals surface area contributed by atoms with Gasteiger partial charge in [-0.3, -0.25) is 0 Å². The molecule has 0 amide bonds. The van der Waals surface area contributed by atoms with E-state index in [0.29, 0.717) is 19.3 Å². The third-order valence-electron chi connectivity index (χ3n) is 3.67. The molecule has 1 unspecified atom stereocenters. The molecular weight excluding hydrogens is 252 g/mol. The van der Waals surface area contributed by atoms with Crippen molar-refractivity contribution in [1.82, 2.24) is 10.2 Å². The third-order valence-corrected chi connectivity index (χ3v) is 3.67. The SMILES string of the molecule is CN(C)C(CNC1COC(C)(C)OC1)c1ccccc1. The fourth-order valence-corrected chi connectivity index (χ4v) is 2.36. The van der Waals surface area contributed by atoms with Crippen molar-refractivity contribution in [1.29, 1.82) is 0 Å². The molecule has 1 saturated heterocycles. The highest BCUT2D eigenvalue weighted by molar-refractivity contribution is 5.19. The standard InChI is InChI=1S/C16H26N2O2/c1-16(2)19-11-14(12-20-16)17-10-15(18(3)4)13-8-6-5-7-9-13/h5-9,14-15,17H,10-12H2,1-4H3. The van der Waals surface area contributed by atoms with E-state index in [1.54, 1.807) is 0 Å². The van der Waals surface area contributed by atoms with Gasteiger partial charge in [-0.2, -0.15) is 0 Å². The summed E-state index contributed by atoms with van der Waals surface area (Å²) in [5.74, 6) is -0.446. The van der Waals surface area contributed by atoms with Crippen molar-refractivity contribution in [2.24, 2.45) is 0 Å². The van der Waals surface area contributed by atoms with Gasteiger partial charge >= 0.3 is 0 Å². The zero-order valence-corrected chi connectivity index (χ0v) is 12.9. The van der Waals surface area contributed by atoms with Gasteiger partial charge in [0.2, 0.25) is 0 Å². The molecule has 1 aliphatic heterocycles. The molecule has 0 saturated carbocycles. The summed E-state index contributed by atoms with van der Waals surface area (Å²) in [6.07, 6.45) is 0. The monoisotopic (exact) mass is 278 g/mol. The second-order valence-electron chi connectivity index (χ2n) is 6.02. The van der Waals surface area contributed by atoms with E-state index < -0.39 is 5.79 Å². The van der Waals surface area contributed by atoms with E-state index in [2.05, 4.69) is 54.6 Å². The first-order valence-corrected chi connectivity index (χ1v) is 7.20. The summed E-state index contributed by atoms with van der Waals surface area (Å²) in [7, 11) is 4.21. The molecule has 1 N–H and O–H groups in total. The maximum atomic E-state index is 5.68. The number of hydrogen-bond donors (Lipinski definition) is 1. The Labute approximate surface area is 122 Å². The Hall–Kier alpha value is -0.940. The van der Waals surface area contributed by atoms with Crippen LogP contribution in [0.1, 0.15) is 25.5 Å². The van der Waals surface area contributed by atoms with Gasteiger partial charge in [-0.1, -0.05) is 30.3 Å². The first kappa shape index (κ1) is 15.4. The van der Waals surface area contributed by atoms with Crippen LogP contribution in [0.5, 0.6) is 0 Å². The van der Waals surface area contributed by atoms with E-state index in [1.165, 1.54) is 5.56 Å². The van der Waals surface area contributed by atoms with Gasteiger partial charge in [0, 0.05) is 12.6 Å². The summed E-state index contributed by atoms with van der Waals surface area (Å²) in [5, 5.41) is 3.55. The number of hydrogen-bond acceptors (Lipinski definition) is 4. The van der Waals surface area contributed by atoms with Crippen LogP contribution in [-0.2, 0) is 9.47 Å². The van der Waals surface area contributed by atoms with Gasteiger partial charge < -0.3 is 19.7 Å². The highest BCUT2D eigenvalue weighted by atomic mass is 16.7. The van der Waals surface area contributed by atoms with E-state index in [-0.39, 0.29) is 6.04 Å². The predicted octanol–water partition coefficient (Wildman–Crippen LogP) is 2.03.